The number of esters is 2. The van der Waals surface area contributed by atoms with E-state index in [0.29, 0.717) is 0 Å². The third-order valence-corrected chi connectivity index (χ3v) is 11.4. The maximum Gasteiger partial charge on any atom is 0.310 e. The molecule has 2 aromatic carbocycles. The van der Waals surface area contributed by atoms with Gasteiger partial charge in [-0.2, -0.15) is 0 Å². The molecule has 0 aliphatic heterocycles. The van der Waals surface area contributed by atoms with Gasteiger partial charge in [-0.25, -0.2) is 0 Å². The Hall–Kier alpha value is -3.94. The Labute approximate surface area is 257 Å². The van der Waals surface area contributed by atoms with Crippen LogP contribution in [0, 0.1) is 11.8 Å². The number of fused-ring (bicyclic) bond motifs is 3. The molecule has 0 fully saturated rings. The van der Waals surface area contributed by atoms with Crippen molar-refractivity contribution in [3.05, 3.63) is 68.8 Å². The predicted molar refractivity (Wildman–Crippen MR) is 162 cm³/mol. The number of carbonyl (C=O) groups excluding carboxylic acids is 2. The highest BCUT2D eigenvalue weighted by atomic mass is 16.5. The van der Waals surface area contributed by atoms with E-state index < -0.39 is 35.6 Å². The van der Waals surface area contributed by atoms with E-state index in [0.717, 1.165) is 93.2 Å². The van der Waals surface area contributed by atoms with Crippen molar-refractivity contribution in [2.45, 2.75) is 61.2 Å². The maximum atomic E-state index is 14.0. The maximum absolute atomic E-state index is 14.0. The monoisotopic (exact) mass is 598 g/mol. The van der Waals surface area contributed by atoms with Gasteiger partial charge < -0.3 is 28.4 Å². The summed E-state index contributed by atoms with van der Waals surface area (Å²) < 4.78 is 36.4. The molecule has 0 amide bonds. The summed E-state index contributed by atoms with van der Waals surface area (Å²) in [5, 5.41) is 0. The van der Waals surface area contributed by atoms with E-state index in [1.807, 2.05) is 0 Å². The van der Waals surface area contributed by atoms with Crippen molar-refractivity contribution >= 4 is 11.9 Å². The molecule has 2 unspecified atom stereocenters. The van der Waals surface area contributed by atoms with Crippen LogP contribution < -0.4 is 18.9 Å². The first-order valence-electron chi connectivity index (χ1n) is 15.6. The fourth-order valence-electron chi connectivity index (χ4n) is 10.0. The second-order valence-electron chi connectivity index (χ2n) is 12.8. The molecule has 44 heavy (non-hydrogen) atoms. The quantitative estimate of drug-likeness (QED) is 0.298. The molecule has 0 heterocycles. The number of carbonyl (C=O) groups is 2. The van der Waals surface area contributed by atoms with E-state index >= 15 is 0 Å². The molecule has 8 heteroatoms. The number of hydrogen-bond donors (Lipinski definition) is 0. The number of ether oxygens (including phenoxy) is 6. The van der Waals surface area contributed by atoms with Crippen molar-refractivity contribution in [2.75, 3.05) is 42.7 Å². The zero-order chi connectivity index (χ0) is 30.6. The summed E-state index contributed by atoms with van der Waals surface area (Å²) in [6, 6.07) is 0. The summed E-state index contributed by atoms with van der Waals surface area (Å²) >= 11 is 0. The molecule has 8 atom stereocenters. The molecular formula is C36H38O8. The van der Waals surface area contributed by atoms with Crippen LogP contribution in [0.4, 0.5) is 0 Å². The summed E-state index contributed by atoms with van der Waals surface area (Å²) in [5.41, 5.74) is 8.03. The van der Waals surface area contributed by atoms with Crippen LogP contribution in [-0.4, -0.2) is 54.6 Å². The molecule has 9 aliphatic carbocycles. The lowest BCUT2D eigenvalue weighted by Gasteiger charge is -2.52. The lowest BCUT2D eigenvalue weighted by atomic mass is 9.51. The van der Waals surface area contributed by atoms with Gasteiger partial charge in [-0.05, 0) is 25.7 Å². The van der Waals surface area contributed by atoms with Crippen LogP contribution >= 0.6 is 0 Å². The van der Waals surface area contributed by atoms with Gasteiger partial charge in [0, 0.05) is 80.0 Å². The Kier molecular flexibility index (Phi) is 6.13. The molecule has 9 aliphatic rings. The van der Waals surface area contributed by atoms with E-state index in [-0.39, 0.29) is 23.7 Å². The average molecular weight is 599 g/mol. The standard InChI is InChI=1S/C36H38O8/c1-39-31-19-15-7-9-16(10-8-15)20(19)32(40-2)26-24-28-27(23(25(26)31)29(35(37)43-5)30(24)36(38)44-6)33(41-3)21-17-11-13-18(14-12-17)22(21)34(28)42-4/h7,9,11,13,15-18,23-24,29-30H,8,10,12,14H2,1-6H3/t15-,16+,17+,18-,23?,24?,29-,30-/m1/s1. The second-order valence-corrected chi connectivity index (χ2v) is 12.8. The van der Waals surface area contributed by atoms with Crippen LogP contribution in [0.15, 0.2) is 24.3 Å². The van der Waals surface area contributed by atoms with Crippen molar-refractivity contribution < 1.29 is 38.0 Å². The highest BCUT2D eigenvalue weighted by Crippen LogP contribution is 2.71. The van der Waals surface area contributed by atoms with Gasteiger partial charge in [0.05, 0.1) is 54.5 Å². The van der Waals surface area contributed by atoms with Crippen LogP contribution in [0.5, 0.6) is 23.0 Å². The number of benzene rings is 2. The number of rotatable bonds is 6. The molecule has 0 radical (unpaired) electrons. The Morgan fingerprint density at radius 1 is 0.455 bits per heavy atom. The normalized spacial score (nSPS) is 30.6. The molecule has 8 nitrogen and oxygen atoms in total. The Bertz CT molecular complexity index is 1460. The molecule has 230 valence electrons. The molecule has 0 saturated carbocycles. The lowest BCUT2D eigenvalue weighted by molar-refractivity contribution is -0.160. The van der Waals surface area contributed by atoms with Crippen molar-refractivity contribution in [2.24, 2.45) is 11.8 Å². The van der Waals surface area contributed by atoms with Gasteiger partial charge >= 0.3 is 11.9 Å². The first kappa shape index (κ1) is 27.6. The number of hydrogen-bond acceptors (Lipinski definition) is 8. The third kappa shape index (κ3) is 3.19. The zero-order valence-electron chi connectivity index (χ0n) is 26.0. The summed E-state index contributed by atoms with van der Waals surface area (Å²) in [5.74, 6) is -0.0821. The van der Waals surface area contributed by atoms with Gasteiger partial charge in [-0.3, -0.25) is 9.59 Å². The van der Waals surface area contributed by atoms with Crippen LogP contribution in [0.1, 0.15) is 106 Å². The zero-order valence-corrected chi connectivity index (χ0v) is 26.0. The van der Waals surface area contributed by atoms with Gasteiger partial charge in [-0.15, -0.1) is 0 Å². The summed E-state index contributed by atoms with van der Waals surface area (Å²) in [6.07, 6.45) is 13.2. The average Bonchev–Trinajstić information content (AvgIpc) is 3.09. The van der Waals surface area contributed by atoms with Gasteiger partial charge in [-0.1, -0.05) is 24.3 Å². The first-order chi connectivity index (χ1) is 21.4. The van der Waals surface area contributed by atoms with Crippen LogP contribution in [0.3, 0.4) is 0 Å². The van der Waals surface area contributed by atoms with Crippen molar-refractivity contribution in [3.63, 3.8) is 0 Å². The highest BCUT2D eigenvalue weighted by Gasteiger charge is 2.62. The smallest absolute Gasteiger partial charge is 0.310 e. The minimum absolute atomic E-state index is 0.179. The first-order valence-corrected chi connectivity index (χ1v) is 15.6. The minimum atomic E-state index is -0.863. The molecule has 0 N–H and O–H groups in total. The largest absolute Gasteiger partial charge is 0.496 e. The van der Waals surface area contributed by atoms with Crippen LogP contribution in [0.2, 0.25) is 0 Å². The SMILES string of the molecule is COC(=O)[C@@H]1C2c3c(OC)c4c(c(OC)c3C(c3c(OC)c5c(c(OC)c32)[C@H]2C=C[C@@H]5CC2)[C@H]1C(=O)OC)[C@H]1C=C[C@@H]4CC1. The molecular weight excluding hydrogens is 560 g/mol. The third-order valence-electron chi connectivity index (χ3n) is 11.4. The van der Waals surface area contributed by atoms with E-state index in [1.54, 1.807) is 28.4 Å². The fraction of sp³-hybridized carbons (Fsp3) is 0.500. The van der Waals surface area contributed by atoms with Gasteiger partial charge in [0.15, 0.2) is 0 Å². The van der Waals surface area contributed by atoms with Gasteiger partial charge in [0.1, 0.15) is 23.0 Å². The van der Waals surface area contributed by atoms with Crippen molar-refractivity contribution in [1.29, 1.82) is 0 Å². The van der Waals surface area contributed by atoms with E-state index in [2.05, 4.69) is 24.3 Å². The van der Waals surface area contributed by atoms with Crippen molar-refractivity contribution in [1.82, 2.24) is 0 Å². The van der Waals surface area contributed by atoms with Crippen LogP contribution in [0.25, 0.3) is 0 Å². The summed E-state index contributed by atoms with van der Waals surface area (Å²) in [6.45, 7) is 0. The molecule has 6 bridgehead atoms. The van der Waals surface area contributed by atoms with Crippen molar-refractivity contribution in [3.8, 4) is 23.0 Å². The Balaban J connectivity index is 1.56. The number of methoxy groups -OCH3 is 6. The highest BCUT2D eigenvalue weighted by molar-refractivity contribution is 5.91. The van der Waals surface area contributed by atoms with E-state index in [1.165, 1.54) is 14.2 Å². The van der Waals surface area contributed by atoms with Crippen LogP contribution in [-0.2, 0) is 19.1 Å². The summed E-state index contributed by atoms with van der Waals surface area (Å²) in [7, 11) is 9.58. The molecule has 0 aromatic heterocycles. The molecule has 2 aromatic rings. The van der Waals surface area contributed by atoms with Gasteiger partial charge in [0.2, 0.25) is 0 Å². The Morgan fingerprint density at radius 2 is 0.705 bits per heavy atom. The molecule has 0 spiro atoms. The topological polar surface area (TPSA) is 89.5 Å². The van der Waals surface area contributed by atoms with E-state index in [4.69, 9.17) is 28.4 Å². The predicted octanol–water partition coefficient (Wildman–Crippen LogP) is 5.95. The minimum Gasteiger partial charge on any atom is -0.496 e. The number of allylic oxidation sites excluding steroid dienone is 4. The van der Waals surface area contributed by atoms with E-state index in [9.17, 15) is 9.59 Å². The van der Waals surface area contributed by atoms with Gasteiger partial charge in [0.25, 0.3) is 0 Å². The molecule has 0 saturated heterocycles. The second kappa shape index (κ2) is 9.78. The lowest BCUT2D eigenvalue weighted by Crippen LogP contribution is -2.49. The summed E-state index contributed by atoms with van der Waals surface area (Å²) in [4.78, 5) is 27.9. The fourth-order valence-corrected chi connectivity index (χ4v) is 10.0. The molecule has 11 rings (SSSR count). The Morgan fingerprint density at radius 3 is 0.886 bits per heavy atom.